The number of hydrogen-bond donors (Lipinski definition) is 1. The average Bonchev–Trinajstić information content (AvgIpc) is 2.29. The molecule has 2 unspecified atom stereocenters. The van der Waals surface area contributed by atoms with Gasteiger partial charge in [-0.1, -0.05) is 31.4 Å². The Hall–Kier alpha value is -0.210. The Morgan fingerprint density at radius 2 is 2.00 bits per heavy atom. The van der Waals surface area contributed by atoms with Gasteiger partial charge in [0.05, 0.1) is 5.69 Å². The monoisotopic (exact) mass is 315 g/mol. The number of hydrogen-bond acceptors (Lipinski definition) is 1. The fraction of sp³-hybridized carbons (Fsp3) is 0.571. The van der Waals surface area contributed by atoms with Crippen molar-refractivity contribution in [3.05, 3.63) is 27.2 Å². The summed E-state index contributed by atoms with van der Waals surface area (Å²) >= 11 is 9.79. The van der Waals surface area contributed by atoms with Crippen molar-refractivity contribution >= 4 is 33.2 Å². The minimum atomic E-state index is 0.582. The standard InChI is InChI=1S/C14H19BrClN/c1-9-5-3-4-6-13(9)17-14-8-12(16)10(2)7-11(14)15/h7-9,13,17H,3-6H2,1-2H3. The molecule has 1 aliphatic carbocycles. The summed E-state index contributed by atoms with van der Waals surface area (Å²) in [5.41, 5.74) is 2.24. The normalized spacial score (nSPS) is 24.7. The maximum absolute atomic E-state index is 6.18. The van der Waals surface area contributed by atoms with Crippen molar-refractivity contribution in [1.29, 1.82) is 0 Å². The zero-order valence-electron chi connectivity index (χ0n) is 10.4. The van der Waals surface area contributed by atoms with E-state index in [9.17, 15) is 0 Å². The van der Waals surface area contributed by atoms with Crippen LogP contribution < -0.4 is 5.32 Å². The summed E-state index contributed by atoms with van der Waals surface area (Å²) in [7, 11) is 0. The lowest BCUT2D eigenvalue weighted by Crippen LogP contribution is -2.30. The molecule has 0 aromatic heterocycles. The van der Waals surface area contributed by atoms with Crippen molar-refractivity contribution < 1.29 is 0 Å². The fourth-order valence-corrected chi connectivity index (χ4v) is 3.22. The number of benzene rings is 1. The second-order valence-corrected chi connectivity index (χ2v) is 6.36. The predicted octanol–water partition coefficient (Wildman–Crippen LogP) is 5.40. The number of nitrogens with one attached hydrogen (secondary N) is 1. The lowest BCUT2D eigenvalue weighted by Gasteiger charge is -2.30. The second-order valence-electron chi connectivity index (χ2n) is 5.09. The van der Waals surface area contributed by atoms with Gasteiger partial charge in [-0.15, -0.1) is 0 Å². The van der Waals surface area contributed by atoms with Crippen LogP contribution in [0, 0.1) is 12.8 Å². The number of anilines is 1. The Bertz CT molecular complexity index is 405. The molecular formula is C14H19BrClN. The topological polar surface area (TPSA) is 12.0 Å². The Morgan fingerprint density at radius 1 is 1.29 bits per heavy atom. The van der Waals surface area contributed by atoms with E-state index < -0.39 is 0 Å². The van der Waals surface area contributed by atoms with E-state index in [4.69, 9.17) is 11.6 Å². The fourth-order valence-electron chi connectivity index (χ4n) is 2.49. The van der Waals surface area contributed by atoms with Crippen molar-refractivity contribution in [2.75, 3.05) is 5.32 Å². The highest BCUT2D eigenvalue weighted by atomic mass is 79.9. The molecule has 0 heterocycles. The molecule has 0 amide bonds. The Kier molecular flexibility index (Phi) is 4.37. The molecule has 3 heteroatoms. The van der Waals surface area contributed by atoms with Crippen LogP contribution in [-0.4, -0.2) is 6.04 Å². The van der Waals surface area contributed by atoms with E-state index in [0.717, 1.165) is 26.7 Å². The number of halogens is 2. The van der Waals surface area contributed by atoms with E-state index in [-0.39, 0.29) is 0 Å². The molecule has 1 aromatic carbocycles. The molecule has 1 N–H and O–H groups in total. The van der Waals surface area contributed by atoms with Gasteiger partial charge in [0.1, 0.15) is 0 Å². The molecule has 2 rings (SSSR count). The first-order valence-corrected chi connectivity index (χ1v) is 7.47. The highest BCUT2D eigenvalue weighted by molar-refractivity contribution is 9.10. The molecule has 1 saturated carbocycles. The summed E-state index contributed by atoms with van der Waals surface area (Å²) in [6.07, 6.45) is 5.29. The second kappa shape index (κ2) is 5.62. The van der Waals surface area contributed by atoms with Gasteiger partial charge in [0.25, 0.3) is 0 Å². The Morgan fingerprint density at radius 3 is 2.71 bits per heavy atom. The molecule has 0 bridgehead atoms. The van der Waals surface area contributed by atoms with Gasteiger partial charge in [0, 0.05) is 15.5 Å². The molecule has 0 saturated heterocycles. The first-order chi connectivity index (χ1) is 8.08. The molecule has 2 atom stereocenters. The molecule has 1 fully saturated rings. The van der Waals surface area contributed by atoms with E-state index in [2.05, 4.69) is 34.2 Å². The molecule has 0 aliphatic heterocycles. The molecule has 0 radical (unpaired) electrons. The van der Waals surface area contributed by atoms with Crippen molar-refractivity contribution in [3.8, 4) is 0 Å². The van der Waals surface area contributed by atoms with Gasteiger partial charge in [-0.25, -0.2) is 0 Å². The van der Waals surface area contributed by atoms with Gasteiger partial charge >= 0.3 is 0 Å². The van der Waals surface area contributed by atoms with E-state index in [1.54, 1.807) is 0 Å². The third-order valence-corrected chi connectivity index (χ3v) is 4.76. The van der Waals surface area contributed by atoms with Crippen molar-refractivity contribution in [3.63, 3.8) is 0 Å². The van der Waals surface area contributed by atoms with Crippen LogP contribution in [0.4, 0.5) is 5.69 Å². The van der Waals surface area contributed by atoms with E-state index >= 15 is 0 Å². The minimum Gasteiger partial charge on any atom is -0.381 e. The highest BCUT2D eigenvalue weighted by Gasteiger charge is 2.21. The molecule has 1 aliphatic rings. The zero-order chi connectivity index (χ0) is 12.4. The van der Waals surface area contributed by atoms with Gasteiger partial charge in [-0.2, -0.15) is 0 Å². The van der Waals surface area contributed by atoms with Crippen molar-refractivity contribution in [2.45, 2.75) is 45.6 Å². The first-order valence-electron chi connectivity index (χ1n) is 6.30. The molecule has 1 nitrogen and oxygen atoms in total. The smallest absolute Gasteiger partial charge is 0.0502 e. The van der Waals surface area contributed by atoms with Gasteiger partial charge in [-0.3, -0.25) is 0 Å². The maximum Gasteiger partial charge on any atom is 0.0502 e. The summed E-state index contributed by atoms with van der Waals surface area (Å²) in [6, 6.07) is 4.69. The summed E-state index contributed by atoms with van der Waals surface area (Å²) < 4.78 is 1.11. The molecule has 17 heavy (non-hydrogen) atoms. The van der Waals surface area contributed by atoms with Crippen LogP contribution in [0.1, 0.15) is 38.2 Å². The Balaban J connectivity index is 2.15. The molecule has 0 spiro atoms. The van der Waals surface area contributed by atoms with Crippen LogP contribution in [0.15, 0.2) is 16.6 Å². The third kappa shape index (κ3) is 3.17. The lowest BCUT2D eigenvalue weighted by atomic mass is 9.86. The predicted molar refractivity (Wildman–Crippen MR) is 78.9 cm³/mol. The molecular weight excluding hydrogens is 298 g/mol. The van der Waals surface area contributed by atoms with Gasteiger partial charge in [-0.05, 0) is 59.3 Å². The Labute approximate surface area is 117 Å². The quantitative estimate of drug-likeness (QED) is 0.770. The van der Waals surface area contributed by atoms with E-state index in [1.165, 1.54) is 25.7 Å². The number of aryl methyl sites for hydroxylation is 1. The summed E-state index contributed by atoms with van der Waals surface area (Å²) in [5.74, 6) is 0.746. The lowest BCUT2D eigenvalue weighted by molar-refractivity contribution is 0.349. The van der Waals surface area contributed by atoms with E-state index in [0.29, 0.717) is 6.04 Å². The van der Waals surface area contributed by atoms with Crippen LogP contribution in [0.25, 0.3) is 0 Å². The van der Waals surface area contributed by atoms with Crippen LogP contribution in [0.3, 0.4) is 0 Å². The average molecular weight is 317 g/mol. The van der Waals surface area contributed by atoms with Crippen molar-refractivity contribution in [2.24, 2.45) is 5.92 Å². The van der Waals surface area contributed by atoms with Crippen LogP contribution in [0.5, 0.6) is 0 Å². The maximum atomic E-state index is 6.18. The van der Waals surface area contributed by atoms with Crippen molar-refractivity contribution in [1.82, 2.24) is 0 Å². The van der Waals surface area contributed by atoms with E-state index in [1.807, 2.05) is 13.0 Å². The van der Waals surface area contributed by atoms with Gasteiger partial charge in [0.15, 0.2) is 0 Å². The zero-order valence-corrected chi connectivity index (χ0v) is 12.7. The SMILES string of the molecule is Cc1cc(Br)c(NC2CCCCC2C)cc1Cl. The van der Waals surface area contributed by atoms with Gasteiger partial charge in [0.2, 0.25) is 0 Å². The highest BCUT2D eigenvalue weighted by Crippen LogP contribution is 2.33. The summed E-state index contributed by atoms with van der Waals surface area (Å²) in [4.78, 5) is 0. The molecule has 94 valence electrons. The van der Waals surface area contributed by atoms with Crippen LogP contribution in [0.2, 0.25) is 5.02 Å². The minimum absolute atomic E-state index is 0.582. The number of rotatable bonds is 2. The van der Waals surface area contributed by atoms with Crippen LogP contribution in [-0.2, 0) is 0 Å². The molecule has 1 aromatic rings. The largest absolute Gasteiger partial charge is 0.381 e. The first kappa shape index (κ1) is 13.2. The third-order valence-electron chi connectivity index (χ3n) is 3.70. The summed E-state index contributed by atoms with van der Waals surface area (Å²) in [5, 5.41) is 4.47. The van der Waals surface area contributed by atoms with Crippen LogP contribution >= 0.6 is 27.5 Å². The van der Waals surface area contributed by atoms with Gasteiger partial charge < -0.3 is 5.32 Å². The summed E-state index contributed by atoms with van der Waals surface area (Å²) in [6.45, 7) is 4.36.